The van der Waals surface area contributed by atoms with Crippen molar-refractivity contribution >= 4 is 27.0 Å². The molecular formula is C19H20N2O4S2. The zero-order valence-corrected chi connectivity index (χ0v) is 16.9. The zero-order valence-electron chi connectivity index (χ0n) is 15.2. The molecule has 1 aromatic heterocycles. The fourth-order valence-electron chi connectivity index (χ4n) is 2.54. The van der Waals surface area contributed by atoms with Crippen molar-refractivity contribution < 1.29 is 17.9 Å². The molecule has 3 aromatic rings. The number of rotatable bonds is 7. The van der Waals surface area contributed by atoms with Crippen LogP contribution in [0.15, 0.2) is 47.8 Å². The summed E-state index contributed by atoms with van der Waals surface area (Å²) in [5, 5.41) is 2.83. The number of thiazole rings is 1. The third kappa shape index (κ3) is 4.78. The molecule has 2 aromatic carbocycles. The van der Waals surface area contributed by atoms with Gasteiger partial charge in [0.05, 0.1) is 25.7 Å². The first-order valence-electron chi connectivity index (χ1n) is 8.24. The Labute approximate surface area is 162 Å². The summed E-state index contributed by atoms with van der Waals surface area (Å²) >= 11 is 1.53. The number of nitrogens with one attached hydrogen (secondary N) is 1. The number of methoxy groups -OCH3 is 1. The number of sulfonamides is 1. The van der Waals surface area contributed by atoms with E-state index in [9.17, 15) is 8.42 Å². The molecule has 0 saturated carbocycles. The molecule has 0 unspecified atom stereocenters. The van der Waals surface area contributed by atoms with Gasteiger partial charge in [-0.25, -0.2) is 13.4 Å². The van der Waals surface area contributed by atoms with E-state index in [2.05, 4.69) is 9.71 Å². The summed E-state index contributed by atoms with van der Waals surface area (Å²) < 4.78 is 36.0. The number of anilines is 1. The Morgan fingerprint density at radius 1 is 1.07 bits per heavy atom. The van der Waals surface area contributed by atoms with Crippen molar-refractivity contribution in [2.75, 3.05) is 24.7 Å². The first-order valence-corrected chi connectivity index (χ1v) is 11.0. The maximum Gasteiger partial charge on any atom is 0.229 e. The molecule has 0 radical (unpaired) electrons. The molecule has 0 aliphatic heterocycles. The molecule has 1 heterocycles. The van der Waals surface area contributed by atoms with Gasteiger partial charge in [0, 0.05) is 22.2 Å². The summed E-state index contributed by atoms with van der Waals surface area (Å²) in [6.45, 7) is 2.50. The van der Waals surface area contributed by atoms with E-state index in [1.807, 2.05) is 42.6 Å². The van der Waals surface area contributed by atoms with E-state index in [-0.39, 0.29) is 0 Å². The van der Waals surface area contributed by atoms with E-state index in [0.717, 1.165) is 28.1 Å². The summed E-state index contributed by atoms with van der Waals surface area (Å²) in [6, 6.07) is 12.9. The SMILES string of the molecule is CCOc1ccc(-c2nc(-c3ccc(NS(C)(=O)=O)cc3)cs2)cc1OC. The average Bonchev–Trinajstić information content (AvgIpc) is 3.12. The molecule has 27 heavy (non-hydrogen) atoms. The molecular weight excluding hydrogens is 384 g/mol. The van der Waals surface area contributed by atoms with Gasteiger partial charge in [-0.05, 0) is 37.3 Å². The van der Waals surface area contributed by atoms with Crippen molar-refractivity contribution in [3.8, 4) is 33.3 Å². The van der Waals surface area contributed by atoms with Crippen LogP contribution in [0.2, 0.25) is 0 Å². The molecule has 0 fully saturated rings. The van der Waals surface area contributed by atoms with Gasteiger partial charge < -0.3 is 9.47 Å². The van der Waals surface area contributed by atoms with E-state index in [1.165, 1.54) is 11.3 Å². The fourth-order valence-corrected chi connectivity index (χ4v) is 3.93. The fraction of sp³-hybridized carbons (Fsp3) is 0.211. The van der Waals surface area contributed by atoms with Crippen LogP contribution in [0.25, 0.3) is 21.8 Å². The standard InChI is InChI=1S/C19H20N2O4S2/c1-4-25-17-10-7-14(11-18(17)24-2)19-20-16(12-26-19)13-5-8-15(9-6-13)21-27(3,22)23/h5-12,21H,4H2,1-3H3. The highest BCUT2D eigenvalue weighted by atomic mass is 32.2. The summed E-state index contributed by atoms with van der Waals surface area (Å²) in [4.78, 5) is 4.69. The summed E-state index contributed by atoms with van der Waals surface area (Å²) in [5.74, 6) is 1.37. The normalized spacial score (nSPS) is 11.2. The zero-order chi connectivity index (χ0) is 19.4. The van der Waals surface area contributed by atoms with Gasteiger partial charge in [0.1, 0.15) is 5.01 Å². The van der Waals surface area contributed by atoms with Gasteiger partial charge in [-0.1, -0.05) is 12.1 Å². The second-order valence-corrected chi connectivity index (χ2v) is 8.39. The van der Waals surface area contributed by atoms with E-state index >= 15 is 0 Å². The topological polar surface area (TPSA) is 77.5 Å². The van der Waals surface area contributed by atoms with Crippen LogP contribution in [-0.2, 0) is 10.0 Å². The van der Waals surface area contributed by atoms with E-state index in [4.69, 9.17) is 9.47 Å². The molecule has 0 spiro atoms. The molecule has 3 rings (SSSR count). The van der Waals surface area contributed by atoms with Crippen molar-refractivity contribution in [2.24, 2.45) is 0 Å². The Bertz CT molecular complexity index is 1030. The number of hydrogen-bond donors (Lipinski definition) is 1. The molecule has 6 nitrogen and oxygen atoms in total. The van der Waals surface area contributed by atoms with Gasteiger partial charge in [0.15, 0.2) is 11.5 Å². The Morgan fingerprint density at radius 3 is 2.41 bits per heavy atom. The smallest absolute Gasteiger partial charge is 0.229 e. The lowest BCUT2D eigenvalue weighted by molar-refractivity contribution is 0.311. The van der Waals surface area contributed by atoms with Gasteiger partial charge in [-0.15, -0.1) is 11.3 Å². The number of hydrogen-bond acceptors (Lipinski definition) is 6. The van der Waals surface area contributed by atoms with Crippen LogP contribution in [0.5, 0.6) is 11.5 Å². The van der Waals surface area contributed by atoms with Crippen molar-refractivity contribution in [1.29, 1.82) is 0 Å². The van der Waals surface area contributed by atoms with Gasteiger partial charge in [-0.2, -0.15) is 0 Å². The minimum atomic E-state index is -3.29. The van der Waals surface area contributed by atoms with E-state index in [0.29, 0.717) is 23.8 Å². The summed E-state index contributed by atoms with van der Waals surface area (Å²) in [7, 11) is -1.67. The predicted octanol–water partition coefficient (Wildman–Crippen LogP) is 4.26. The lowest BCUT2D eigenvalue weighted by atomic mass is 10.1. The van der Waals surface area contributed by atoms with E-state index < -0.39 is 10.0 Å². The summed E-state index contributed by atoms with van der Waals surface area (Å²) in [6.07, 6.45) is 1.12. The Morgan fingerprint density at radius 2 is 1.78 bits per heavy atom. The van der Waals surface area contributed by atoms with Crippen LogP contribution in [0.4, 0.5) is 5.69 Å². The Balaban J connectivity index is 1.84. The molecule has 0 atom stereocenters. The minimum absolute atomic E-state index is 0.521. The number of aromatic nitrogens is 1. The lowest BCUT2D eigenvalue weighted by Crippen LogP contribution is -2.09. The van der Waals surface area contributed by atoms with Crippen LogP contribution in [0.3, 0.4) is 0 Å². The third-order valence-corrected chi connectivity index (χ3v) is 5.20. The van der Waals surface area contributed by atoms with Gasteiger partial charge >= 0.3 is 0 Å². The molecule has 142 valence electrons. The monoisotopic (exact) mass is 404 g/mol. The second kappa shape index (κ2) is 7.98. The predicted molar refractivity (Wildman–Crippen MR) is 109 cm³/mol. The molecule has 0 amide bonds. The maximum absolute atomic E-state index is 11.3. The highest BCUT2D eigenvalue weighted by molar-refractivity contribution is 7.92. The number of benzene rings is 2. The highest BCUT2D eigenvalue weighted by Gasteiger charge is 2.11. The van der Waals surface area contributed by atoms with Crippen LogP contribution in [0.1, 0.15) is 6.92 Å². The van der Waals surface area contributed by atoms with Crippen LogP contribution in [-0.4, -0.2) is 33.4 Å². The largest absolute Gasteiger partial charge is 0.493 e. The van der Waals surface area contributed by atoms with Gasteiger partial charge in [-0.3, -0.25) is 4.72 Å². The third-order valence-electron chi connectivity index (χ3n) is 3.70. The minimum Gasteiger partial charge on any atom is -0.493 e. The Hall–Kier alpha value is -2.58. The molecule has 0 aliphatic rings. The van der Waals surface area contributed by atoms with Crippen molar-refractivity contribution in [3.05, 3.63) is 47.8 Å². The first-order chi connectivity index (χ1) is 12.9. The highest BCUT2D eigenvalue weighted by Crippen LogP contribution is 2.35. The van der Waals surface area contributed by atoms with Crippen LogP contribution >= 0.6 is 11.3 Å². The lowest BCUT2D eigenvalue weighted by Gasteiger charge is -2.09. The second-order valence-electron chi connectivity index (χ2n) is 5.79. The molecule has 0 bridgehead atoms. The van der Waals surface area contributed by atoms with Gasteiger partial charge in [0.25, 0.3) is 0 Å². The average molecular weight is 405 g/mol. The van der Waals surface area contributed by atoms with Crippen molar-refractivity contribution in [1.82, 2.24) is 4.98 Å². The quantitative estimate of drug-likeness (QED) is 0.637. The van der Waals surface area contributed by atoms with Crippen molar-refractivity contribution in [2.45, 2.75) is 6.92 Å². The molecule has 0 aliphatic carbocycles. The first kappa shape index (κ1) is 19.2. The van der Waals surface area contributed by atoms with Gasteiger partial charge in [0.2, 0.25) is 10.0 Å². The van der Waals surface area contributed by atoms with E-state index in [1.54, 1.807) is 19.2 Å². The Kier molecular flexibility index (Phi) is 5.67. The maximum atomic E-state index is 11.3. The van der Waals surface area contributed by atoms with Crippen LogP contribution in [0, 0.1) is 0 Å². The van der Waals surface area contributed by atoms with Crippen LogP contribution < -0.4 is 14.2 Å². The molecule has 1 N–H and O–H groups in total. The molecule has 8 heteroatoms. The summed E-state index contributed by atoms with van der Waals surface area (Å²) in [5.41, 5.74) is 3.21. The number of nitrogens with zero attached hydrogens (tertiary/aromatic N) is 1. The molecule has 0 saturated heterocycles. The van der Waals surface area contributed by atoms with Crippen molar-refractivity contribution in [3.63, 3.8) is 0 Å². The number of ether oxygens (including phenoxy) is 2.